The van der Waals surface area contributed by atoms with E-state index in [-0.39, 0.29) is 24.2 Å². The van der Waals surface area contributed by atoms with E-state index in [1.165, 1.54) is 0 Å². The highest BCUT2D eigenvalue weighted by molar-refractivity contribution is 5.77. The summed E-state index contributed by atoms with van der Waals surface area (Å²) in [5, 5.41) is 2.93. The van der Waals surface area contributed by atoms with Crippen molar-refractivity contribution in [3.8, 4) is 0 Å². The SMILES string of the molecule is CCOCC(NC(=O)COC(C)(C)C)C(C)C. The molecule has 0 aliphatic carbocycles. The molecule has 1 unspecified atom stereocenters. The second-order valence-corrected chi connectivity index (χ2v) is 5.48. The molecule has 0 aromatic carbocycles. The maximum atomic E-state index is 11.7. The zero-order valence-corrected chi connectivity index (χ0v) is 12.0. The van der Waals surface area contributed by atoms with Crippen molar-refractivity contribution in [3.63, 3.8) is 0 Å². The smallest absolute Gasteiger partial charge is 0.246 e. The van der Waals surface area contributed by atoms with Gasteiger partial charge >= 0.3 is 0 Å². The van der Waals surface area contributed by atoms with Crippen molar-refractivity contribution in [2.24, 2.45) is 5.92 Å². The first kappa shape index (κ1) is 16.4. The van der Waals surface area contributed by atoms with E-state index in [9.17, 15) is 4.79 Å². The van der Waals surface area contributed by atoms with Crippen LogP contribution in [0.3, 0.4) is 0 Å². The molecule has 0 aliphatic rings. The van der Waals surface area contributed by atoms with Crippen molar-refractivity contribution < 1.29 is 14.3 Å². The Bertz CT molecular complexity index is 221. The van der Waals surface area contributed by atoms with Crippen molar-refractivity contribution in [1.29, 1.82) is 0 Å². The minimum Gasteiger partial charge on any atom is -0.380 e. The quantitative estimate of drug-likeness (QED) is 0.746. The number of rotatable bonds is 7. The highest BCUT2D eigenvalue weighted by atomic mass is 16.5. The van der Waals surface area contributed by atoms with Crippen LogP contribution in [0.1, 0.15) is 41.5 Å². The Kier molecular flexibility index (Phi) is 7.39. The zero-order valence-electron chi connectivity index (χ0n) is 12.0. The van der Waals surface area contributed by atoms with Gasteiger partial charge in [0.1, 0.15) is 6.61 Å². The van der Waals surface area contributed by atoms with Crippen LogP contribution in [-0.4, -0.2) is 37.4 Å². The summed E-state index contributed by atoms with van der Waals surface area (Å²) in [6, 6.07) is 0.0472. The van der Waals surface area contributed by atoms with Crippen molar-refractivity contribution in [3.05, 3.63) is 0 Å². The third-order valence-corrected chi connectivity index (χ3v) is 2.29. The van der Waals surface area contributed by atoms with Gasteiger partial charge in [-0.25, -0.2) is 0 Å². The Balaban J connectivity index is 4.04. The highest BCUT2D eigenvalue weighted by Crippen LogP contribution is 2.06. The molecule has 1 atom stereocenters. The number of hydrogen-bond acceptors (Lipinski definition) is 3. The van der Waals surface area contributed by atoms with Gasteiger partial charge in [-0.05, 0) is 33.6 Å². The maximum absolute atomic E-state index is 11.7. The Morgan fingerprint density at radius 2 is 1.88 bits per heavy atom. The highest BCUT2D eigenvalue weighted by Gasteiger charge is 2.18. The summed E-state index contributed by atoms with van der Waals surface area (Å²) < 4.78 is 10.8. The third-order valence-electron chi connectivity index (χ3n) is 2.29. The molecular weight excluding hydrogens is 218 g/mol. The summed E-state index contributed by atoms with van der Waals surface area (Å²) in [5.74, 6) is 0.262. The number of carbonyl (C=O) groups excluding carboxylic acids is 1. The van der Waals surface area contributed by atoms with Crippen LogP contribution in [0.4, 0.5) is 0 Å². The minimum atomic E-state index is -0.287. The lowest BCUT2D eigenvalue weighted by Gasteiger charge is -2.24. The molecule has 0 aromatic rings. The lowest BCUT2D eigenvalue weighted by Crippen LogP contribution is -2.44. The van der Waals surface area contributed by atoms with E-state index in [4.69, 9.17) is 9.47 Å². The van der Waals surface area contributed by atoms with Crippen LogP contribution >= 0.6 is 0 Å². The predicted molar refractivity (Wildman–Crippen MR) is 69.0 cm³/mol. The van der Waals surface area contributed by atoms with Crippen LogP contribution in [0.25, 0.3) is 0 Å². The molecule has 0 saturated heterocycles. The van der Waals surface area contributed by atoms with Gasteiger partial charge in [-0.1, -0.05) is 13.8 Å². The molecule has 1 N–H and O–H groups in total. The number of carbonyl (C=O) groups is 1. The number of ether oxygens (including phenoxy) is 2. The third kappa shape index (κ3) is 9.12. The van der Waals surface area contributed by atoms with Crippen LogP contribution in [0.15, 0.2) is 0 Å². The van der Waals surface area contributed by atoms with Crippen LogP contribution < -0.4 is 5.32 Å². The van der Waals surface area contributed by atoms with E-state index in [1.807, 2.05) is 27.7 Å². The van der Waals surface area contributed by atoms with Crippen molar-refractivity contribution in [2.75, 3.05) is 19.8 Å². The molecule has 1 amide bonds. The number of nitrogens with one attached hydrogen (secondary N) is 1. The topological polar surface area (TPSA) is 47.6 Å². The lowest BCUT2D eigenvalue weighted by atomic mass is 10.1. The van der Waals surface area contributed by atoms with Gasteiger partial charge in [0.05, 0.1) is 18.2 Å². The summed E-state index contributed by atoms with van der Waals surface area (Å²) in [5.41, 5.74) is -0.287. The van der Waals surface area contributed by atoms with Gasteiger partial charge in [0.2, 0.25) is 5.91 Å². The average Bonchev–Trinajstić information content (AvgIpc) is 2.19. The van der Waals surface area contributed by atoms with Crippen molar-refractivity contribution >= 4 is 5.91 Å². The Morgan fingerprint density at radius 3 is 2.29 bits per heavy atom. The molecule has 0 aromatic heterocycles. The van der Waals surface area contributed by atoms with Gasteiger partial charge in [0, 0.05) is 6.61 Å². The average molecular weight is 245 g/mol. The molecule has 0 bridgehead atoms. The Labute approximate surface area is 105 Å². The first-order chi connectivity index (χ1) is 7.76. The fourth-order valence-electron chi connectivity index (χ4n) is 1.18. The van der Waals surface area contributed by atoms with Gasteiger partial charge in [0.25, 0.3) is 0 Å². The first-order valence-electron chi connectivity index (χ1n) is 6.27. The summed E-state index contributed by atoms with van der Waals surface area (Å²) in [7, 11) is 0. The molecule has 0 spiro atoms. The normalized spacial score (nSPS) is 13.8. The second kappa shape index (κ2) is 7.67. The molecule has 0 heterocycles. The van der Waals surface area contributed by atoms with Gasteiger partial charge in [-0.2, -0.15) is 0 Å². The predicted octanol–water partition coefficient (Wildman–Crippen LogP) is 1.98. The van der Waals surface area contributed by atoms with E-state index >= 15 is 0 Å². The van der Waals surface area contributed by atoms with Gasteiger partial charge in [-0.15, -0.1) is 0 Å². The summed E-state index contributed by atoms with van der Waals surface area (Å²) in [6.07, 6.45) is 0. The summed E-state index contributed by atoms with van der Waals surface area (Å²) in [4.78, 5) is 11.7. The van der Waals surface area contributed by atoms with Gasteiger partial charge in [0.15, 0.2) is 0 Å². The molecule has 0 saturated carbocycles. The standard InChI is InChI=1S/C13H27NO3/c1-7-16-8-11(10(2)3)14-12(15)9-17-13(4,5)6/h10-11H,7-9H2,1-6H3,(H,14,15). The van der Waals surface area contributed by atoms with Crippen LogP contribution in [0, 0.1) is 5.92 Å². The number of amides is 1. The molecule has 0 rings (SSSR count). The van der Waals surface area contributed by atoms with E-state index in [1.54, 1.807) is 0 Å². The van der Waals surface area contributed by atoms with E-state index in [0.29, 0.717) is 19.1 Å². The molecule has 4 nitrogen and oxygen atoms in total. The van der Waals surface area contributed by atoms with E-state index in [0.717, 1.165) is 0 Å². The summed E-state index contributed by atoms with van der Waals surface area (Å²) in [6.45, 7) is 13.2. The molecule has 4 heteroatoms. The minimum absolute atomic E-state index is 0.0472. The van der Waals surface area contributed by atoms with Crippen LogP contribution in [0.2, 0.25) is 0 Å². The molecule has 0 radical (unpaired) electrons. The Hall–Kier alpha value is -0.610. The molecule has 0 fully saturated rings. The van der Waals surface area contributed by atoms with Crippen molar-refractivity contribution in [1.82, 2.24) is 5.32 Å². The van der Waals surface area contributed by atoms with Crippen LogP contribution in [-0.2, 0) is 14.3 Å². The van der Waals surface area contributed by atoms with Crippen LogP contribution in [0.5, 0.6) is 0 Å². The molecule has 102 valence electrons. The largest absolute Gasteiger partial charge is 0.380 e. The first-order valence-corrected chi connectivity index (χ1v) is 6.27. The Morgan fingerprint density at radius 1 is 1.29 bits per heavy atom. The molecule has 0 aliphatic heterocycles. The molecule has 17 heavy (non-hydrogen) atoms. The van der Waals surface area contributed by atoms with E-state index in [2.05, 4.69) is 19.2 Å². The summed E-state index contributed by atoms with van der Waals surface area (Å²) >= 11 is 0. The second-order valence-electron chi connectivity index (χ2n) is 5.48. The van der Waals surface area contributed by atoms with Gasteiger partial charge in [-0.3, -0.25) is 4.79 Å². The lowest BCUT2D eigenvalue weighted by molar-refractivity contribution is -0.132. The zero-order chi connectivity index (χ0) is 13.5. The fraction of sp³-hybridized carbons (Fsp3) is 0.923. The van der Waals surface area contributed by atoms with Gasteiger partial charge < -0.3 is 14.8 Å². The molecular formula is C13H27NO3. The maximum Gasteiger partial charge on any atom is 0.246 e. The van der Waals surface area contributed by atoms with Crippen molar-refractivity contribution in [2.45, 2.75) is 53.2 Å². The fourth-order valence-corrected chi connectivity index (χ4v) is 1.18. The number of hydrogen-bond donors (Lipinski definition) is 1. The monoisotopic (exact) mass is 245 g/mol. The van der Waals surface area contributed by atoms with E-state index < -0.39 is 0 Å².